The lowest BCUT2D eigenvalue weighted by Gasteiger charge is -2.36. The predicted octanol–water partition coefficient (Wildman–Crippen LogP) is 2.57. The fraction of sp³-hybridized carbons (Fsp3) is 0.381. The average Bonchev–Trinajstić information content (AvgIpc) is 2.68. The van der Waals surface area contributed by atoms with Crippen molar-refractivity contribution in [3.63, 3.8) is 0 Å². The third-order valence-electron chi connectivity index (χ3n) is 4.91. The van der Waals surface area contributed by atoms with Gasteiger partial charge in [-0.3, -0.25) is 14.6 Å². The molecule has 1 atom stereocenters. The molecule has 1 amide bonds. The molecule has 0 aliphatic carbocycles. The summed E-state index contributed by atoms with van der Waals surface area (Å²) < 4.78 is 5.45. The summed E-state index contributed by atoms with van der Waals surface area (Å²) in [5.41, 5.74) is 2.37. The molecular formula is C21H25N3O4. The highest BCUT2D eigenvalue weighted by Gasteiger charge is 2.37. The molecule has 1 unspecified atom stereocenters. The molecule has 28 heavy (non-hydrogen) atoms. The number of aromatic nitrogens is 1. The van der Waals surface area contributed by atoms with Gasteiger partial charge in [0.2, 0.25) is 0 Å². The molecule has 0 radical (unpaired) electrons. The van der Waals surface area contributed by atoms with Gasteiger partial charge in [-0.05, 0) is 36.6 Å². The van der Waals surface area contributed by atoms with Crippen LogP contribution in [-0.4, -0.2) is 54.8 Å². The first-order valence-electron chi connectivity index (χ1n) is 9.23. The minimum atomic E-state index is -0.960. The van der Waals surface area contributed by atoms with Gasteiger partial charge in [0.15, 0.2) is 0 Å². The monoisotopic (exact) mass is 383 g/mol. The van der Waals surface area contributed by atoms with Gasteiger partial charge in [0.1, 0.15) is 0 Å². The molecular weight excluding hydrogens is 358 g/mol. The number of benzene rings is 1. The first kappa shape index (κ1) is 19.8. The van der Waals surface area contributed by atoms with Crippen LogP contribution in [0.4, 0.5) is 5.69 Å². The van der Waals surface area contributed by atoms with Crippen LogP contribution in [0.2, 0.25) is 0 Å². The van der Waals surface area contributed by atoms with Crippen molar-refractivity contribution in [1.29, 1.82) is 0 Å². The number of hydrogen-bond donors (Lipinski definition) is 2. The molecule has 2 N–H and O–H groups in total. The van der Waals surface area contributed by atoms with Crippen molar-refractivity contribution in [3.8, 4) is 11.1 Å². The Morgan fingerprint density at radius 1 is 1.21 bits per heavy atom. The number of aliphatic carboxylic acids is 1. The molecule has 2 heterocycles. The highest BCUT2D eigenvalue weighted by atomic mass is 16.5. The van der Waals surface area contributed by atoms with Crippen LogP contribution in [0, 0.1) is 0 Å². The summed E-state index contributed by atoms with van der Waals surface area (Å²) in [6, 6.07) is 9.74. The molecule has 0 bridgehead atoms. The van der Waals surface area contributed by atoms with Crippen LogP contribution in [0.3, 0.4) is 0 Å². The lowest BCUT2D eigenvalue weighted by molar-refractivity contribution is -0.140. The highest BCUT2D eigenvalue weighted by molar-refractivity contribution is 5.96. The minimum absolute atomic E-state index is 0.169. The van der Waals surface area contributed by atoms with E-state index in [2.05, 4.69) is 10.3 Å². The molecule has 1 fully saturated rings. The highest BCUT2D eigenvalue weighted by Crippen LogP contribution is 2.25. The number of rotatable bonds is 6. The summed E-state index contributed by atoms with van der Waals surface area (Å²) in [7, 11) is 3.95. The van der Waals surface area contributed by atoms with Gasteiger partial charge >= 0.3 is 5.97 Å². The number of anilines is 1. The lowest BCUT2D eigenvalue weighted by Crippen LogP contribution is -2.55. The Labute approximate surface area is 164 Å². The van der Waals surface area contributed by atoms with Crippen molar-refractivity contribution >= 4 is 17.6 Å². The molecule has 1 aromatic carbocycles. The Hall–Kier alpha value is -2.93. The number of nitrogens with one attached hydrogen (secondary N) is 1. The molecule has 1 aliphatic rings. The van der Waals surface area contributed by atoms with E-state index in [4.69, 9.17) is 4.74 Å². The van der Waals surface area contributed by atoms with E-state index in [-0.39, 0.29) is 18.9 Å². The number of carboxylic acid groups (broad SMARTS) is 1. The van der Waals surface area contributed by atoms with Gasteiger partial charge in [-0.15, -0.1) is 0 Å². The Balaban J connectivity index is 1.80. The van der Waals surface area contributed by atoms with Crippen LogP contribution in [0.5, 0.6) is 0 Å². The maximum atomic E-state index is 12.8. The SMILES string of the molecule is CN(C)c1ccc(-c2cncc(C(=O)NC3(CC(=O)O)CCCOC3)c2)cc1. The summed E-state index contributed by atoms with van der Waals surface area (Å²) >= 11 is 0. The molecule has 0 saturated carbocycles. The average molecular weight is 383 g/mol. The zero-order valence-corrected chi connectivity index (χ0v) is 16.1. The van der Waals surface area contributed by atoms with E-state index in [9.17, 15) is 14.7 Å². The number of amides is 1. The zero-order valence-electron chi connectivity index (χ0n) is 16.1. The van der Waals surface area contributed by atoms with Crippen molar-refractivity contribution in [2.24, 2.45) is 0 Å². The van der Waals surface area contributed by atoms with Crippen LogP contribution in [0.25, 0.3) is 11.1 Å². The normalized spacial score (nSPS) is 19.1. The van der Waals surface area contributed by atoms with Crippen molar-refractivity contribution in [3.05, 3.63) is 48.3 Å². The molecule has 148 valence electrons. The molecule has 1 aliphatic heterocycles. The first-order chi connectivity index (χ1) is 13.4. The summed E-state index contributed by atoms with van der Waals surface area (Å²) in [4.78, 5) is 30.3. The summed E-state index contributed by atoms with van der Waals surface area (Å²) in [5, 5.41) is 12.1. The maximum Gasteiger partial charge on any atom is 0.305 e. The minimum Gasteiger partial charge on any atom is -0.481 e. The number of carbonyl (C=O) groups excluding carboxylic acids is 1. The summed E-state index contributed by atoms with van der Waals surface area (Å²) in [6.07, 6.45) is 4.31. The smallest absolute Gasteiger partial charge is 0.305 e. The van der Waals surface area contributed by atoms with E-state index in [0.29, 0.717) is 25.0 Å². The van der Waals surface area contributed by atoms with Gasteiger partial charge in [-0.25, -0.2) is 0 Å². The second-order valence-electron chi connectivity index (χ2n) is 7.36. The second-order valence-corrected chi connectivity index (χ2v) is 7.36. The third-order valence-corrected chi connectivity index (χ3v) is 4.91. The number of nitrogens with zero attached hydrogens (tertiary/aromatic N) is 2. The number of carbonyl (C=O) groups is 2. The van der Waals surface area contributed by atoms with E-state index in [1.54, 1.807) is 12.3 Å². The Bertz CT molecular complexity index is 843. The van der Waals surface area contributed by atoms with Crippen LogP contribution in [0.15, 0.2) is 42.7 Å². The molecule has 7 nitrogen and oxygen atoms in total. The molecule has 7 heteroatoms. The Morgan fingerprint density at radius 3 is 2.57 bits per heavy atom. The number of carboxylic acids is 1. The summed E-state index contributed by atoms with van der Waals surface area (Å²) in [5.74, 6) is -1.30. The third kappa shape index (κ3) is 4.67. The van der Waals surface area contributed by atoms with Crippen LogP contribution >= 0.6 is 0 Å². The second kappa shape index (κ2) is 8.39. The fourth-order valence-electron chi connectivity index (χ4n) is 3.41. The van der Waals surface area contributed by atoms with Crippen LogP contribution in [0.1, 0.15) is 29.6 Å². The number of ether oxygens (including phenoxy) is 1. The largest absolute Gasteiger partial charge is 0.481 e. The molecule has 0 spiro atoms. The van der Waals surface area contributed by atoms with E-state index >= 15 is 0 Å². The van der Waals surface area contributed by atoms with Gasteiger partial charge in [0, 0.05) is 44.3 Å². The summed E-state index contributed by atoms with van der Waals surface area (Å²) in [6.45, 7) is 0.779. The quantitative estimate of drug-likeness (QED) is 0.797. The number of pyridine rings is 1. The number of hydrogen-bond acceptors (Lipinski definition) is 5. The van der Waals surface area contributed by atoms with Crippen molar-refractivity contribution in [2.45, 2.75) is 24.8 Å². The van der Waals surface area contributed by atoms with Crippen LogP contribution in [-0.2, 0) is 9.53 Å². The van der Waals surface area contributed by atoms with Crippen molar-refractivity contribution in [1.82, 2.24) is 10.3 Å². The topological polar surface area (TPSA) is 91.8 Å². The molecule has 3 rings (SSSR count). The van der Waals surface area contributed by atoms with E-state index < -0.39 is 11.5 Å². The van der Waals surface area contributed by atoms with E-state index in [1.165, 1.54) is 6.20 Å². The fourth-order valence-corrected chi connectivity index (χ4v) is 3.41. The van der Waals surface area contributed by atoms with Crippen molar-refractivity contribution in [2.75, 3.05) is 32.2 Å². The molecule has 1 aromatic heterocycles. The Kier molecular flexibility index (Phi) is 5.94. The van der Waals surface area contributed by atoms with E-state index in [0.717, 1.165) is 16.8 Å². The van der Waals surface area contributed by atoms with Gasteiger partial charge < -0.3 is 20.1 Å². The maximum absolute atomic E-state index is 12.8. The van der Waals surface area contributed by atoms with Gasteiger partial charge in [0.05, 0.1) is 24.1 Å². The van der Waals surface area contributed by atoms with Crippen molar-refractivity contribution < 1.29 is 19.4 Å². The first-order valence-corrected chi connectivity index (χ1v) is 9.23. The van der Waals surface area contributed by atoms with Gasteiger partial charge in [-0.2, -0.15) is 0 Å². The van der Waals surface area contributed by atoms with Crippen LogP contribution < -0.4 is 10.2 Å². The Morgan fingerprint density at radius 2 is 1.96 bits per heavy atom. The lowest BCUT2D eigenvalue weighted by atomic mass is 9.88. The van der Waals surface area contributed by atoms with E-state index in [1.807, 2.05) is 43.3 Å². The standard InChI is InChI=1S/C21H25N3O4/c1-24(2)18-6-4-15(5-7-18)16-10-17(13-22-12-16)20(27)23-21(11-19(25)26)8-3-9-28-14-21/h4-7,10,12-13H,3,8-9,11,14H2,1-2H3,(H,23,27)(H,25,26). The zero-order chi connectivity index (χ0) is 20.1. The van der Waals surface area contributed by atoms with Gasteiger partial charge in [0.25, 0.3) is 5.91 Å². The predicted molar refractivity (Wildman–Crippen MR) is 107 cm³/mol. The van der Waals surface area contributed by atoms with Gasteiger partial charge in [-0.1, -0.05) is 12.1 Å². The molecule has 2 aromatic rings. The molecule has 1 saturated heterocycles.